The van der Waals surface area contributed by atoms with E-state index < -0.39 is 0 Å². The Morgan fingerprint density at radius 1 is 0.885 bits per heavy atom. The molecule has 1 aromatic heterocycles. The Hall–Kier alpha value is -3.21. The summed E-state index contributed by atoms with van der Waals surface area (Å²) in [6.45, 7) is 6.02. The zero-order valence-corrected chi connectivity index (χ0v) is 15.2. The molecule has 5 nitrogen and oxygen atoms in total. The van der Waals surface area contributed by atoms with Gasteiger partial charge in [0.25, 0.3) is 5.91 Å². The molecule has 5 heteroatoms. The van der Waals surface area contributed by atoms with E-state index in [1.807, 2.05) is 69.3 Å². The second kappa shape index (κ2) is 7.78. The number of rotatable bonds is 5. The van der Waals surface area contributed by atoms with E-state index in [0.717, 1.165) is 22.4 Å². The fraction of sp³-hybridized carbons (Fsp3) is 0.190. The topological polar surface area (TPSA) is 66.9 Å². The minimum absolute atomic E-state index is 0.0991. The van der Waals surface area contributed by atoms with Crippen LogP contribution in [0.25, 0.3) is 0 Å². The first kappa shape index (κ1) is 17.6. The van der Waals surface area contributed by atoms with Crippen LogP contribution >= 0.6 is 0 Å². The average Bonchev–Trinajstić information content (AvgIpc) is 2.66. The molecule has 132 valence electrons. The van der Waals surface area contributed by atoms with E-state index in [2.05, 4.69) is 20.8 Å². The van der Waals surface area contributed by atoms with Crippen LogP contribution in [-0.4, -0.2) is 16.1 Å². The van der Waals surface area contributed by atoms with Gasteiger partial charge in [-0.1, -0.05) is 48.5 Å². The number of nitrogens with zero attached hydrogens (tertiary/aromatic N) is 2. The molecule has 1 heterocycles. The van der Waals surface area contributed by atoms with E-state index in [1.165, 1.54) is 0 Å². The fourth-order valence-electron chi connectivity index (χ4n) is 2.76. The number of anilines is 2. The Labute approximate surface area is 153 Å². The van der Waals surface area contributed by atoms with Gasteiger partial charge in [-0.25, -0.2) is 0 Å². The highest BCUT2D eigenvalue weighted by Crippen LogP contribution is 2.23. The normalized spacial score (nSPS) is 11.7. The number of aromatic nitrogens is 2. The summed E-state index contributed by atoms with van der Waals surface area (Å²) in [5.41, 5.74) is 4.61. The van der Waals surface area contributed by atoms with Crippen molar-refractivity contribution in [1.29, 1.82) is 0 Å². The number of amides is 1. The summed E-state index contributed by atoms with van der Waals surface area (Å²) in [5.74, 6) is 0.363. The SMILES string of the molecule is Cc1cccc(C)c1Nc1ccc(C(=O)NC(C)c2ccccc2)nn1. The first-order valence-corrected chi connectivity index (χ1v) is 8.57. The summed E-state index contributed by atoms with van der Waals surface area (Å²) < 4.78 is 0. The maximum absolute atomic E-state index is 12.4. The maximum atomic E-state index is 12.4. The van der Waals surface area contributed by atoms with Crippen LogP contribution in [0, 0.1) is 13.8 Å². The van der Waals surface area contributed by atoms with Gasteiger partial charge in [0.2, 0.25) is 0 Å². The highest BCUT2D eigenvalue weighted by atomic mass is 16.2. The lowest BCUT2D eigenvalue weighted by atomic mass is 10.1. The van der Waals surface area contributed by atoms with Crippen molar-refractivity contribution in [3.8, 4) is 0 Å². The molecule has 26 heavy (non-hydrogen) atoms. The van der Waals surface area contributed by atoms with Crippen molar-refractivity contribution in [2.24, 2.45) is 0 Å². The third-order valence-corrected chi connectivity index (χ3v) is 4.28. The minimum Gasteiger partial charge on any atom is -0.344 e. The van der Waals surface area contributed by atoms with Gasteiger partial charge >= 0.3 is 0 Å². The number of benzene rings is 2. The molecule has 0 radical (unpaired) electrons. The molecular formula is C21H22N4O. The van der Waals surface area contributed by atoms with Crippen LogP contribution in [0.2, 0.25) is 0 Å². The lowest BCUT2D eigenvalue weighted by Gasteiger charge is -2.14. The number of carbonyl (C=O) groups is 1. The lowest BCUT2D eigenvalue weighted by Crippen LogP contribution is -2.27. The largest absolute Gasteiger partial charge is 0.344 e. The minimum atomic E-state index is -0.243. The van der Waals surface area contributed by atoms with Crippen molar-refractivity contribution < 1.29 is 4.79 Å². The molecule has 0 aliphatic rings. The van der Waals surface area contributed by atoms with Crippen LogP contribution in [0.5, 0.6) is 0 Å². The van der Waals surface area contributed by atoms with E-state index >= 15 is 0 Å². The van der Waals surface area contributed by atoms with Gasteiger partial charge in [0.15, 0.2) is 11.5 Å². The van der Waals surface area contributed by atoms with E-state index in [4.69, 9.17) is 0 Å². The van der Waals surface area contributed by atoms with Gasteiger partial charge in [-0.3, -0.25) is 4.79 Å². The summed E-state index contributed by atoms with van der Waals surface area (Å²) >= 11 is 0. The van der Waals surface area contributed by atoms with Crippen LogP contribution in [-0.2, 0) is 0 Å². The van der Waals surface area contributed by atoms with Gasteiger partial charge in [-0.2, -0.15) is 0 Å². The third kappa shape index (κ3) is 4.06. The summed E-state index contributed by atoms with van der Waals surface area (Å²) in [6, 6.07) is 19.2. The molecular weight excluding hydrogens is 324 g/mol. The zero-order valence-electron chi connectivity index (χ0n) is 15.2. The summed E-state index contributed by atoms with van der Waals surface area (Å²) in [4.78, 5) is 12.4. The van der Waals surface area contributed by atoms with Crippen LogP contribution in [0.4, 0.5) is 11.5 Å². The van der Waals surface area contributed by atoms with E-state index in [9.17, 15) is 4.79 Å². The van der Waals surface area contributed by atoms with Crippen molar-refractivity contribution in [1.82, 2.24) is 15.5 Å². The van der Waals surface area contributed by atoms with Gasteiger partial charge in [0.1, 0.15) is 0 Å². The van der Waals surface area contributed by atoms with Gasteiger partial charge in [0, 0.05) is 5.69 Å². The molecule has 0 aliphatic carbocycles. The first-order chi connectivity index (χ1) is 12.5. The molecule has 1 unspecified atom stereocenters. The molecule has 3 aromatic rings. The summed E-state index contributed by atoms with van der Waals surface area (Å²) in [6.07, 6.45) is 0. The molecule has 0 aliphatic heterocycles. The Morgan fingerprint density at radius 2 is 1.58 bits per heavy atom. The van der Waals surface area contributed by atoms with Gasteiger partial charge in [-0.15, -0.1) is 10.2 Å². The summed E-state index contributed by atoms with van der Waals surface area (Å²) in [5, 5.41) is 14.4. The lowest BCUT2D eigenvalue weighted by molar-refractivity contribution is 0.0934. The highest BCUT2D eigenvalue weighted by molar-refractivity contribution is 5.92. The highest BCUT2D eigenvalue weighted by Gasteiger charge is 2.13. The van der Waals surface area contributed by atoms with Crippen molar-refractivity contribution in [2.75, 3.05) is 5.32 Å². The molecule has 1 amide bonds. The second-order valence-corrected chi connectivity index (χ2v) is 6.30. The van der Waals surface area contributed by atoms with Crippen LogP contribution < -0.4 is 10.6 Å². The standard InChI is InChI=1S/C21H22N4O/c1-14-8-7-9-15(2)20(14)23-19-13-12-18(24-25-19)21(26)22-16(3)17-10-5-4-6-11-17/h4-13,16H,1-3H3,(H,22,26)(H,23,25). The monoisotopic (exact) mass is 346 g/mol. The maximum Gasteiger partial charge on any atom is 0.272 e. The average molecular weight is 346 g/mol. The predicted molar refractivity (Wildman–Crippen MR) is 104 cm³/mol. The molecule has 0 spiro atoms. The molecule has 3 rings (SSSR count). The number of para-hydroxylation sites is 1. The van der Waals surface area contributed by atoms with Gasteiger partial charge in [-0.05, 0) is 49.6 Å². The smallest absolute Gasteiger partial charge is 0.272 e. The van der Waals surface area contributed by atoms with E-state index in [1.54, 1.807) is 12.1 Å². The zero-order chi connectivity index (χ0) is 18.5. The Morgan fingerprint density at radius 3 is 2.19 bits per heavy atom. The number of carbonyl (C=O) groups excluding carboxylic acids is 1. The van der Waals surface area contributed by atoms with Crippen LogP contribution in [0.1, 0.15) is 40.1 Å². The number of hydrogen-bond acceptors (Lipinski definition) is 4. The van der Waals surface area contributed by atoms with Crippen molar-refractivity contribution in [3.05, 3.63) is 83.0 Å². The fourth-order valence-corrected chi connectivity index (χ4v) is 2.76. The van der Waals surface area contributed by atoms with Crippen molar-refractivity contribution in [3.63, 3.8) is 0 Å². The molecule has 0 fully saturated rings. The third-order valence-electron chi connectivity index (χ3n) is 4.28. The molecule has 0 saturated heterocycles. The molecule has 0 bridgehead atoms. The Balaban J connectivity index is 1.68. The first-order valence-electron chi connectivity index (χ1n) is 8.57. The number of hydrogen-bond donors (Lipinski definition) is 2. The molecule has 0 saturated carbocycles. The van der Waals surface area contributed by atoms with Crippen LogP contribution in [0.3, 0.4) is 0 Å². The Kier molecular flexibility index (Phi) is 5.27. The van der Waals surface area contributed by atoms with Crippen LogP contribution in [0.15, 0.2) is 60.7 Å². The van der Waals surface area contributed by atoms with Crippen molar-refractivity contribution >= 4 is 17.4 Å². The van der Waals surface area contributed by atoms with Crippen molar-refractivity contribution in [2.45, 2.75) is 26.8 Å². The number of nitrogens with one attached hydrogen (secondary N) is 2. The van der Waals surface area contributed by atoms with E-state index in [-0.39, 0.29) is 11.9 Å². The second-order valence-electron chi connectivity index (χ2n) is 6.30. The quantitative estimate of drug-likeness (QED) is 0.722. The molecule has 1 atom stereocenters. The number of aryl methyl sites for hydroxylation is 2. The van der Waals surface area contributed by atoms with E-state index in [0.29, 0.717) is 11.5 Å². The predicted octanol–water partition coefficient (Wildman–Crippen LogP) is 4.33. The molecule has 2 aromatic carbocycles. The Bertz CT molecular complexity index is 871. The van der Waals surface area contributed by atoms with Gasteiger partial charge in [0.05, 0.1) is 6.04 Å². The molecule has 2 N–H and O–H groups in total. The van der Waals surface area contributed by atoms with Gasteiger partial charge < -0.3 is 10.6 Å². The summed E-state index contributed by atoms with van der Waals surface area (Å²) in [7, 11) is 0.